The Bertz CT molecular complexity index is 3810. The molecule has 56 nitrogen and oxygen atoms in total. The minimum absolute atomic E-state index is 0.469. The van der Waals surface area contributed by atoms with Gasteiger partial charge >= 0.3 is 90.5 Å². The molecule has 101 heavy (non-hydrogen) atoms. The summed E-state index contributed by atoms with van der Waals surface area (Å²) >= 11 is 0. The Morgan fingerprint density at radius 3 is 1.31 bits per heavy atom. The quantitative estimate of drug-likeness (QED) is 0.0220. The third kappa shape index (κ3) is 23.6. The van der Waals surface area contributed by atoms with Gasteiger partial charge in [0.2, 0.25) is 18.0 Å². The van der Waals surface area contributed by atoms with E-state index < -0.39 is 294 Å². The number of carboxylic acids is 3. The zero-order valence-electron chi connectivity index (χ0n) is 49.2. The van der Waals surface area contributed by atoms with Crippen LogP contribution in [0.2, 0.25) is 0 Å². The summed E-state index contributed by atoms with van der Waals surface area (Å²) in [5.41, 5.74) is 0. The monoisotopic (exact) mass is 1630 g/mol. The van der Waals surface area contributed by atoms with Crippen molar-refractivity contribution in [2.75, 3.05) is 19.8 Å². The first-order valence-electron chi connectivity index (χ1n) is 26.7. The zero-order valence-corrected chi connectivity index (χ0v) is 54.9. The van der Waals surface area contributed by atoms with Gasteiger partial charge in [-0.2, -0.15) is 78.5 Å². The van der Waals surface area contributed by atoms with E-state index >= 15 is 0 Å². The average Bonchev–Trinajstić information content (AvgIpc) is 0.761. The highest BCUT2D eigenvalue weighted by Crippen LogP contribution is 2.39. The second-order valence-corrected chi connectivity index (χ2v) is 29.0. The SMILES string of the molecule is CC(=O)N[C@H]1[C@@H](O[C@H]2[C@H](O)[C@@H](O)[C@H](O[C@H]3[C@H](OS(=O)(=O)ON)[C@@H](NS(=O)(=O)O)[C@@H](O[C@H]4[C@H](O)[C@@H](OS(=O)(=O)O)[C@H](O[C@H]5[C@H](O)[C@@H](NS(=O)(=O)O)C(O)O[C@@H]5COS(=O)(=O)O)O[C@H]4C(=O)O)O[C@@H]3COS(=O)(=O)O)O[C@@H]2C(=O)O)O[C@H](COS(=O)(=O)O)[C@@H](O[C@@H]2OC(C(=O)O)=C[C@H](O)[C@H]2O)[C@@H]1O. The fourth-order valence-electron chi connectivity index (χ4n) is 10.1. The van der Waals surface area contributed by atoms with Gasteiger partial charge in [-0.1, -0.05) is 0 Å². The Kier molecular flexibility index (Phi) is 28.2. The molecule has 6 heterocycles. The van der Waals surface area contributed by atoms with Gasteiger partial charge < -0.3 is 114 Å². The highest BCUT2D eigenvalue weighted by molar-refractivity contribution is 7.84. The van der Waals surface area contributed by atoms with Crippen molar-refractivity contribution < 1.29 is 239 Å². The molecule has 0 spiro atoms. The molecule has 0 aromatic carbocycles. The molecule has 5 fully saturated rings. The number of hydrogen-bond acceptors (Lipinski definition) is 44. The Balaban J connectivity index is 1.41. The van der Waals surface area contributed by atoms with Gasteiger partial charge in [0, 0.05) is 6.92 Å². The first-order chi connectivity index (χ1) is 46.1. The first kappa shape index (κ1) is 85.7. The lowest BCUT2D eigenvalue weighted by molar-refractivity contribution is -0.374. The van der Waals surface area contributed by atoms with Crippen LogP contribution in [0.15, 0.2) is 11.8 Å². The van der Waals surface area contributed by atoms with Crippen LogP contribution in [0.5, 0.6) is 0 Å². The second kappa shape index (κ2) is 33.3. The molecule has 0 radical (unpaired) electrons. The zero-order chi connectivity index (χ0) is 76.5. The molecule has 6 aliphatic heterocycles. The lowest BCUT2D eigenvalue weighted by atomic mass is 9.94. The molecule has 63 heteroatoms. The molecular formula is C38H60N4O52S7. The fraction of sp³-hybridized carbons (Fsp3) is 0.842. The standard InChI is InChI=1S/C38H60N4O52S7/c1-6(43)40-13-17(47)22(85-36-15(45)7(44)2-8(82-36)30(51)52)10(4-79-98(67,68)69)83-34(13)88-25-18(48)19(49)37(90-28(25)31(53)54)87-23-11(5-80-99(70,71)72)84-35(14(42-96(61,62)63)24(23)93-101(76,77)94-39)89-26-20(50)27(92-100(73,74)75)38(91-29(26)32(55)56)86-21-9(3-78-97(64,65)66)81-33(57)12(16(21)46)41-95(58,59)60/h2,7,9-29,33-38,41-42,44-50,57H,3-5,39H2,1H3,(H,40,43)(H,51,52)(H,53,54)(H,55,56)(H,58,59,60)(H,61,62,63)(H,64,65,66)(H,67,68,69)(H,70,71,72)(H,73,74,75)/t7-,9+,10+,11+,12+,13+,14+,15+,16+,17+,18+,19+,20-,21+,22+,23+,24+,25-,26-,27+,28-,29+,33?,34+,35+,36-,37+,38+/m0/s1. The van der Waals surface area contributed by atoms with Crippen LogP contribution in [0, 0.1) is 0 Å². The molecule has 1 amide bonds. The molecule has 6 rings (SSSR count). The average molecular weight is 1630 g/mol. The van der Waals surface area contributed by atoms with Gasteiger partial charge in [0.05, 0.1) is 19.8 Å². The number of nitrogens with two attached hydrogens (primary N) is 1. The van der Waals surface area contributed by atoms with Gasteiger partial charge in [-0.3, -0.25) is 32.1 Å². The van der Waals surface area contributed by atoms with Crippen LogP contribution in [0.25, 0.3) is 0 Å². The predicted molar refractivity (Wildman–Crippen MR) is 290 cm³/mol. The molecule has 0 bridgehead atoms. The summed E-state index contributed by atoms with van der Waals surface area (Å²) in [5, 5.41) is 122. The Morgan fingerprint density at radius 1 is 0.446 bits per heavy atom. The van der Waals surface area contributed by atoms with E-state index in [1.165, 1.54) is 4.72 Å². The maximum Gasteiger partial charge on any atom is 0.416 e. The lowest BCUT2D eigenvalue weighted by Gasteiger charge is -2.50. The van der Waals surface area contributed by atoms with Crippen molar-refractivity contribution in [3.8, 4) is 0 Å². The number of carboxylic acid groups (broad SMARTS) is 3. The van der Waals surface area contributed by atoms with Crippen LogP contribution < -0.4 is 20.7 Å². The van der Waals surface area contributed by atoms with Crippen molar-refractivity contribution in [2.45, 2.75) is 179 Å². The van der Waals surface area contributed by atoms with Crippen molar-refractivity contribution in [1.82, 2.24) is 14.8 Å². The second-order valence-electron chi connectivity index (χ2n) is 21.1. The van der Waals surface area contributed by atoms with Crippen LogP contribution in [-0.4, -0.2) is 358 Å². The van der Waals surface area contributed by atoms with Crippen molar-refractivity contribution >= 4 is 96.4 Å². The van der Waals surface area contributed by atoms with E-state index in [2.05, 4.69) is 21.0 Å². The summed E-state index contributed by atoms with van der Waals surface area (Å²) in [7, 11) is -41.1. The van der Waals surface area contributed by atoms with Crippen LogP contribution in [-0.2, 0) is 169 Å². The number of nitrogens with one attached hydrogen (secondary N) is 3. The molecule has 6 aliphatic rings. The lowest BCUT2D eigenvalue weighted by Crippen LogP contribution is -2.71. The molecule has 0 aromatic rings. The van der Waals surface area contributed by atoms with E-state index in [9.17, 15) is 162 Å². The largest absolute Gasteiger partial charge is 0.479 e. The van der Waals surface area contributed by atoms with Gasteiger partial charge in [-0.25, -0.2) is 35.3 Å². The van der Waals surface area contributed by atoms with E-state index in [0.717, 1.165) is 11.6 Å². The van der Waals surface area contributed by atoms with Crippen LogP contribution >= 0.6 is 0 Å². The smallest absolute Gasteiger partial charge is 0.416 e. The van der Waals surface area contributed by atoms with Crippen molar-refractivity contribution in [3.05, 3.63) is 11.8 Å². The molecule has 5 saturated heterocycles. The molecule has 0 aromatic heterocycles. The van der Waals surface area contributed by atoms with E-state index in [1.54, 1.807) is 0 Å². The molecule has 0 saturated carbocycles. The number of rotatable bonds is 32. The molecule has 28 atom stereocenters. The summed E-state index contributed by atoms with van der Waals surface area (Å²) in [4.78, 5) is 50.5. The van der Waals surface area contributed by atoms with Gasteiger partial charge in [0.25, 0.3) is 0 Å². The molecule has 22 N–H and O–H groups in total. The third-order valence-electron chi connectivity index (χ3n) is 14.1. The molecular weight excluding hydrogens is 1570 g/mol. The van der Waals surface area contributed by atoms with Crippen LogP contribution in [0.3, 0.4) is 0 Å². The third-order valence-corrected chi connectivity index (χ3v) is 17.7. The van der Waals surface area contributed by atoms with Crippen molar-refractivity contribution in [2.24, 2.45) is 5.90 Å². The van der Waals surface area contributed by atoms with Gasteiger partial charge in [-0.15, -0.1) is 0 Å². The number of carbonyl (C=O) groups excluding carboxylic acids is 1. The van der Waals surface area contributed by atoms with E-state index in [-0.39, 0.29) is 0 Å². The summed E-state index contributed by atoms with van der Waals surface area (Å²) in [6.45, 7) is -4.48. The summed E-state index contributed by atoms with van der Waals surface area (Å²) in [6.07, 6.45) is -70.6. The minimum atomic E-state index is -6.20. The van der Waals surface area contributed by atoms with Crippen molar-refractivity contribution in [1.29, 1.82) is 0 Å². The maximum atomic E-state index is 13.2. The normalized spacial score (nSPS) is 38.7. The number of amides is 1. The van der Waals surface area contributed by atoms with Gasteiger partial charge in [0.15, 0.2) is 49.8 Å². The summed E-state index contributed by atoms with van der Waals surface area (Å²) < 4.78 is 316. The van der Waals surface area contributed by atoms with Crippen molar-refractivity contribution in [3.63, 3.8) is 0 Å². The number of ether oxygens (including phenoxy) is 11. The molecule has 586 valence electrons. The van der Waals surface area contributed by atoms with Crippen LogP contribution in [0.4, 0.5) is 0 Å². The van der Waals surface area contributed by atoms with Gasteiger partial charge in [-0.05, 0) is 6.08 Å². The number of aliphatic hydroxyl groups is 8. The number of carbonyl (C=O) groups is 4. The number of hydrogen-bond donors (Lipinski definition) is 21. The first-order valence-corrected chi connectivity index (χ1v) is 36.4. The number of aliphatic hydroxyl groups excluding tert-OH is 8. The Morgan fingerprint density at radius 2 is 0.861 bits per heavy atom. The highest BCUT2D eigenvalue weighted by atomic mass is 32.3. The fourth-order valence-corrected chi connectivity index (χ4v) is 13.2. The molecule has 0 aliphatic carbocycles. The number of aliphatic carboxylic acids is 3. The Hall–Kier alpha value is -4.25. The highest BCUT2D eigenvalue weighted by Gasteiger charge is 2.62. The van der Waals surface area contributed by atoms with E-state index in [1.807, 2.05) is 5.32 Å². The topological polar surface area (TPSA) is 870 Å². The predicted octanol–water partition coefficient (Wildman–Crippen LogP) is -15.3. The summed E-state index contributed by atoms with van der Waals surface area (Å²) in [5.74, 6) is -4.28. The van der Waals surface area contributed by atoms with Gasteiger partial charge in [0.1, 0.15) is 116 Å². The Labute approximate surface area is 564 Å². The van der Waals surface area contributed by atoms with Crippen LogP contribution in [0.1, 0.15) is 6.92 Å². The van der Waals surface area contributed by atoms with E-state index in [0.29, 0.717) is 6.08 Å². The molecule has 1 unspecified atom stereocenters. The summed E-state index contributed by atoms with van der Waals surface area (Å²) in [6, 6.07) is -8.12. The maximum absolute atomic E-state index is 13.2. The minimum Gasteiger partial charge on any atom is -0.479 e. The van der Waals surface area contributed by atoms with E-state index in [4.69, 9.17) is 62.2 Å².